The Morgan fingerprint density at radius 2 is 2.08 bits per heavy atom. The van der Waals surface area contributed by atoms with Gasteiger partial charge in [-0.25, -0.2) is 4.98 Å². The van der Waals surface area contributed by atoms with Gasteiger partial charge in [-0.2, -0.15) is 0 Å². The normalized spacial score (nSPS) is 14.3. The minimum absolute atomic E-state index is 0.00564. The molecule has 0 atom stereocenters. The molecule has 0 unspecified atom stereocenters. The van der Waals surface area contributed by atoms with E-state index in [1.165, 1.54) is 0 Å². The number of halogens is 1. The SMILES string of the molecule is Cn1c(CCN2Cc3cc(Br)ccc3OCC2=O)nc2ccccc21. The van der Waals surface area contributed by atoms with Crippen LogP contribution in [0.2, 0.25) is 0 Å². The maximum atomic E-state index is 12.4. The molecule has 1 aliphatic rings. The summed E-state index contributed by atoms with van der Waals surface area (Å²) >= 11 is 3.48. The van der Waals surface area contributed by atoms with Crippen LogP contribution in [-0.2, 0) is 24.8 Å². The number of hydrogen-bond acceptors (Lipinski definition) is 3. The fraction of sp³-hybridized carbons (Fsp3) is 0.263. The van der Waals surface area contributed by atoms with Crippen LogP contribution in [0.3, 0.4) is 0 Å². The summed E-state index contributed by atoms with van der Waals surface area (Å²) in [6, 6.07) is 13.9. The molecule has 3 aromatic rings. The lowest BCUT2D eigenvalue weighted by Crippen LogP contribution is -2.34. The number of imidazole rings is 1. The minimum Gasteiger partial charge on any atom is -0.483 e. The van der Waals surface area contributed by atoms with E-state index in [0.717, 1.165) is 32.6 Å². The Bertz CT molecular complexity index is 951. The van der Waals surface area contributed by atoms with E-state index < -0.39 is 0 Å². The van der Waals surface area contributed by atoms with Crippen LogP contribution in [0.25, 0.3) is 11.0 Å². The number of hydrogen-bond donors (Lipinski definition) is 0. The van der Waals surface area contributed by atoms with Crippen molar-refractivity contribution in [2.24, 2.45) is 7.05 Å². The molecular formula is C19H18BrN3O2. The third kappa shape index (κ3) is 3.14. The van der Waals surface area contributed by atoms with Crippen molar-refractivity contribution in [1.82, 2.24) is 14.5 Å². The number of para-hydroxylation sites is 2. The maximum absolute atomic E-state index is 12.4. The van der Waals surface area contributed by atoms with Crippen LogP contribution in [0.15, 0.2) is 46.9 Å². The molecule has 0 saturated carbocycles. The van der Waals surface area contributed by atoms with Crippen molar-refractivity contribution in [3.05, 3.63) is 58.3 Å². The van der Waals surface area contributed by atoms with Gasteiger partial charge in [-0.1, -0.05) is 28.1 Å². The number of aryl methyl sites for hydroxylation is 1. The van der Waals surface area contributed by atoms with Gasteiger partial charge in [-0.05, 0) is 30.3 Å². The maximum Gasteiger partial charge on any atom is 0.260 e. The molecule has 2 aromatic carbocycles. The fourth-order valence-corrected chi connectivity index (χ4v) is 3.60. The van der Waals surface area contributed by atoms with Crippen molar-refractivity contribution in [3.8, 4) is 5.75 Å². The highest BCUT2D eigenvalue weighted by atomic mass is 79.9. The zero-order valence-corrected chi connectivity index (χ0v) is 15.5. The molecule has 0 saturated heterocycles. The summed E-state index contributed by atoms with van der Waals surface area (Å²) < 4.78 is 8.72. The number of rotatable bonds is 3. The van der Waals surface area contributed by atoms with Crippen molar-refractivity contribution in [2.45, 2.75) is 13.0 Å². The highest BCUT2D eigenvalue weighted by Gasteiger charge is 2.22. The lowest BCUT2D eigenvalue weighted by molar-refractivity contribution is -0.133. The molecule has 4 rings (SSSR count). The zero-order valence-electron chi connectivity index (χ0n) is 13.9. The van der Waals surface area contributed by atoms with Crippen LogP contribution in [0, 0.1) is 0 Å². The molecule has 0 radical (unpaired) electrons. The quantitative estimate of drug-likeness (QED) is 0.678. The molecule has 0 N–H and O–H groups in total. The molecule has 6 heteroatoms. The van der Waals surface area contributed by atoms with Gasteiger partial charge in [0.25, 0.3) is 5.91 Å². The monoisotopic (exact) mass is 399 g/mol. The molecule has 1 aliphatic heterocycles. The van der Waals surface area contributed by atoms with Crippen LogP contribution in [0.1, 0.15) is 11.4 Å². The molecular weight excluding hydrogens is 382 g/mol. The summed E-state index contributed by atoms with van der Waals surface area (Å²) in [5.74, 6) is 1.77. The molecule has 5 nitrogen and oxygen atoms in total. The number of benzene rings is 2. The van der Waals surface area contributed by atoms with Gasteiger partial charge in [-0.3, -0.25) is 4.79 Å². The van der Waals surface area contributed by atoms with Crippen LogP contribution in [-0.4, -0.2) is 33.5 Å². The first-order chi connectivity index (χ1) is 12.1. The second-order valence-corrected chi connectivity index (χ2v) is 7.10. The summed E-state index contributed by atoms with van der Waals surface area (Å²) in [6.45, 7) is 1.25. The average Bonchev–Trinajstić information content (AvgIpc) is 2.84. The third-order valence-electron chi connectivity index (χ3n) is 4.57. The highest BCUT2D eigenvalue weighted by Crippen LogP contribution is 2.27. The average molecular weight is 400 g/mol. The Labute approximate surface area is 154 Å². The first-order valence-corrected chi connectivity index (χ1v) is 9.00. The number of carbonyl (C=O) groups is 1. The smallest absolute Gasteiger partial charge is 0.260 e. The Morgan fingerprint density at radius 1 is 1.24 bits per heavy atom. The van der Waals surface area contributed by atoms with Gasteiger partial charge in [0, 0.05) is 36.6 Å². The van der Waals surface area contributed by atoms with Crippen LogP contribution < -0.4 is 4.74 Å². The van der Waals surface area contributed by atoms with Crippen LogP contribution >= 0.6 is 15.9 Å². The molecule has 0 fully saturated rings. The lowest BCUT2D eigenvalue weighted by atomic mass is 10.2. The van der Waals surface area contributed by atoms with Crippen molar-refractivity contribution in [1.29, 1.82) is 0 Å². The lowest BCUT2D eigenvalue weighted by Gasteiger charge is -2.19. The Hall–Kier alpha value is -2.34. The molecule has 128 valence electrons. The number of carbonyl (C=O) groups excluding carboxylic acids is 1. The first kappa shape index (κ1) is 16.1. The number of ether oxygens (including phenoxy) is 1. The van der Waals surface area contributed by atoms with E-state index in [1.54, 1.807) is 0 Å². The van der Waals surface area contributed by atoms with Crippen molar-refractivity contribution in [2.75, 3.05) is 13.2 Å². The first-order valence-electron chi connectivity index (χ1n) is 8.21. The summed E-state index contributed by atoms with van der Waals surface area (Å²) in [5.41, 5.74) is 3.11. The number of amides is 1. The van der Waals surface area contributed by atoms with Gasteiger partial charge >= 0.3 is 0 Å². The van der Waals surface area contributed by atoms with Gasteiger partial charge < -0.3 is 14.2 Å². The number of fused-ring (bicyclic) bond motifs is 2. The Morgan fingerprint density at radius 3 is 2.92 bits per heavy atom. The van der Waals surface area contributed by atoms with E-state index in [4.69, 9.17) is 4.74 Å². The van der Waals surface area contributed by atoms with Crippen LogP contribution in [0.5, 0.6) is 5.75 Å². The van der Waals surface area contributed by atoms with E-state index in [1.807, 2.05) is 48.3 Å². The van der Waals surface area contributed by atoms with Gasteiger partial charge in [0.15, 0.2) is 6.61 Å². The zero-order chi connectivity index (χ0) is 17.4. The van der Waals surface area contributed by atoms with E-state index in [0.29, 0.717) is 19.5 Å². The molecule has 0 spiro atoms. The van der Waals surface area contributed by atoms with Gasteiger partial charge in [0.1, 0.15) is 11.6 Å². The second kappa shape index (κ2) is 6.52. The largest absolute Gasteiger partial charge is 0.483 e. The van der Waals surface area contributed by atoms with Gasteiger partial charge in [0.05, 0.1) is 11.0 Å². The Kier molecular flexibility index (Phi) is 4.21. The number of nitrogens with zero attached hydrogens (tertiary/aromatic N) is 3. The number of aromatic nitrogens is 2. The van der Waals surface area contributed by atoms with E-state index in [-0.39, 0.29) is 12.5 Å². The standard InChI is InChI=1S/C19H18BrN3O2/c1-22-16-5-3-2-4-15(16)21-18(22)8-9-23-11-13-10-14(20)6-7-17(13)25-12-19(23)24/h2-7,10H,8-9,11-12H2,1H3. The summed E-state index contributed by atoms with van der Waals surface area (Å²) in [4.78, 5) is 18.9. The van der Waals surface area contributed by atoms with Crippen LogP contribution in [0.4, 0.5) is 0 Å². The van der Waals surface area contributed by atoms with Crippen molar-refractivity contribution in [3.63, 3.8) is 0 Å². The van der Waals surface area contributed by atoms with Gasteiger partial charge in [0.2, 0.25) is 0 Å². The highest BCUT2D eigenvalue weighted by molar-refractivity contribution is 9.10. The van der Waals surface area contributed by atoms with E-state index in [2.05, 4.69) is 31.5 Å². The summed E-state index contributed by atoms with van der Waals surface area (Å²) in [5, 5.41) is 0. The minimum atomic E-state index is 0.00564. The third-order valence-corrected chi connectivity index (χ3v) is 5.07. The van der Waals surface area contributed by atoms with Crippen molar-refractivity contribution < 1.29 is 9.53 Å². The predicted molar refractivity (Wildman–Crippen MR) is 99.5 cm³/mol. The van der Waals surface area contributed by atoms with E-state index in [9.17, 15) is 4.79 Å². The summed E-state index contributed by atoms with van der Waals surface area (Å²) in [7, 11) is 2.02. The predicted octanol–water partition coefficient (Wildman–Crippen LogP) is 3.30. The molecule has 1 amide bonds. The topological polar surface area (TPSA) is 47.4 Å². The Balaban J connectivity index is 1.55. The molecule has 0 aliphatic carbocycles. The second-order valence-electron chi connectivity index (χ2n) is 6.18. The van der Waals surface area contributed by atoms with E-state index >= 15 is 0 Å². The molecule has 25 heavy (non-hydrogen) atoms. The summed E-state index contributed by atoms with van der Waals surface area (Å²) in [6.07, 6.45) is 0.709. The molecule has 2 heterocycles. The van der Waals surface area contributed by atoms with Gasteiger partial charge in [-0.15, -0.1) is 0 Å². The fourth-order valence-electron chi connectivity index (χ4n) is 3.19. The molecule has 0 bridgehead atoms. The van der Waals surface area contributed by atoms with Crippen molar-refractivity contribution >= 4 is 32.9 Å². The molecule has 1 aromatic heterocycles.